The van der Waals surface area contributed by atoms with Crippen molar-refractivity contribution in [1.82, 2.24) is 9.55 Å². The van der Waals surface area contributed by atoms with E-state index in [-0.39, 0.29) is 12.0 Å². The fourth-order valence-corrected chi connectivity index (χ4v) is 2.07. The predicted molar refractivity (Wildman–Crippen MR) is 68.0 cm³/mol. The van der Waals surface area contributed by atoms with Crippen molar-refractivity contribution in [3.8, 4) is 0 Å². The summed E-state index contributed by atoms with van der Waals surface area (Å²) in [4.78, 5) is 36.3. The molecule has 1 amide bonds. The molecular formula is C12H13N3O4. The number of aromatic carboxylic acids is 1. The van der Waals surface area contributed by atoms with Gasteiger partial charge in [0.2, 0.25) is 5.91 Å². The predicted octanol–water partition coefficient (Wildman–Crippen LogP) is 0.464. The summed E-state index contributed by atoms with van der Waals surface area (Å²) in [7, 11) is 0. The molecule has 1 aromatic heterocycles. The summed E-state index contributed by atoms with van der Waals surface area (Å²) < 4.78 is 1.34. The molecule has 0 saturated heterocycles. The second-order valence-corrected chi connectivity index (χ2v) is 4.36. The highest BCUT2D eigenvalue weighted by Gasteiger charge is 2.16. The number of benzene rings is 1. The van der Waals surface area contributed by atoms with E-state index in [4.69, 9.17) is 10.8 Å². The minimum Gasteiger partial charge on any atom is -0.478 e. The summed E-state index contributed by atoms with van der Waals surface area (Å²) in [5.74, 6) is -1.60. The van der Waals surface area contributed by atoms with E-state index in [2.05, 4.69) is 4.98 Å². The zero-order valence-corrected chi connectivity index (χ0v) is 10.2. The van der Waals surface area contributed by atoms with Crippen molar-refractivity contribution in [3.05, 3.63) is 34.2 Å². The second kappa shape index (κ2) is 4.60. The van der Waals surface area contributed by atoms with Crippen LogP contribution in [-0.4, -0.2) is 26.5 Å². The Balaban J connectivity index is 2.62. The molecule has 0 bridgehead atoms. The molecule has 1 atom stereocenters. The number of fused-ring (bicyclic) bond motifs is 1. The summed E-state index contributed by atoms with van der Waals surface area (Å²) in [5, 5.41) is 8.95. The first-order valence-electron chi connectivity index (χ1n) is 5.66. The van der Waals surface area contributed by atoms with Crippen LogP contribution in [0.3, 0.4) is 0 Å². The Labute approximate surface area is 107 Å². The molecule has 0 spiro atoms. The molecule has 7 heteroatoms. The van der Waals surface area contributed by atoms with Crippen LogP contribution in [0.2, 0.25) is 0 Å². The monoisotopic (exact) mass is 263 g/mol. The molecule has 0 aliphatic heterocycles. The van der Waals surface area contributed by atoms with Crippen LogP contribution in [0.1, 0.15) is 29.7 Å². The third kappa shape index (κ3) is 2.35. The molecule has 0 saturated carbocycles. The van der Waals surface area contributed by atoms with Gasteiger partial charge in [-0.2, -0.15) is 0 Å². The number of hydrogen-bond donors (Lipinski definition) is 3. The van der Waals surface area contributed by atoms with Gasteiger partial charge in [-0.3, -0.25) is 9.36 Å². The van der Waals surface area contributed by atoms with E-state index in [1.165, 1.54) is 22.8 Å². The summed E-state index contributed by atoms with van der Waals surface area (Å²) >= 11 is 0. The minimum absolute atomic E-state index is 0.00413. The topological polar surface area (TPSA) is 118 Å². The molecule has 1 aromatic carbocycles. The van der Waals surface area contributed by atoms with Crippen molar-refractivity contribution in [2.75, 3.05) is 0 Å². The molecule has 19 heavy (non-hydrogen) atoms. The third-order valence-electron chi connectivity index (χ3n) is 2.90. The van der Waals surface area contributed by atoms with Gasteiger partial charge in [0.15, 0.2) is 0 Å². The number of nitrogens with zero attached hydrogens (tertiary/aromatic N) is 1. The summed E-state index contributed by atoms with van der Waals surface area (Å²) in [6.45, 7) is 1.67. The van der Waals surface area contributed by atoms with E-state index in [0.29, 0.717) is 11.0 Å². The number of imidazole rings is 1. The number of nitrogens with one attached hydrogen (secondary N) is 1. The first-order chi connectivity index (χ1) is 8.90. The summed E-state index contributed by atoms with van der Waals surface area (Å²) in [6, 6.07) is 3.88. The SMILES string of the molecule is CC(CC(N)=O)n1c(=O)[nH]c2ccc(C(=O)O)cc21. The molecule has 2 aromatic rings. The van der Waals surface area contributed by atoms with Gasteiger partial charge in [0.1, 0.15) is 0 Å². The number of carboxylic acids is 1. The molecular weight excluding hydrogens is 250 g/mol. The number of hydrogen-bond acceptors (Lipinski definition) is 3. The molecule has 0 fully saturated rings. The quantitative estimate of drug-likeness (QED) is 0.742. The zero-order valence-electron chi connectivity index (χ0n) is 10.2. The number of aromatic amines is 1. The summed E-state index contributed by atoms with van der Waals surface area (Å²) in [5.41, 5.74) is 5.75. The minimum atomic E-state index is -1.08. The Morgan fingerprint density at radius 2 is 2.16 bits per heavy atom. The normalized spacial score (nSPS) is 12.5. The van der Waals surface area contributed by atoms with Crippen LogP contribution >= 0.6 is 0 Å². The fraction of sp³-hybridized carbons (Fsp3) is 0.250. The smallest absolute Gasteiger partial charge is 0.335 e. The van der Waals surface area contributed by atoms with Crippen molar-refractivity contribution < 1.29 is 14.7 Å². The van der Waals surface area contributed by atoms with Crippen molar-refractivity contribution >= 4 is 22.9 Å². The van der Waals surface area contributed by atoms with Crippen molar-refractivity contribution in [2.24, 2.45) is 5.73 Å². The molecule has 2 rings (SSSR count). The Kier molecular flexibility index (Phi) is 3.12. The molecule has 7 nitrogen and oxygen atoms in total. The number of H-pyrrole nitrogens is 1. The first-order valence-corrected chi connectivity index (χ1v) is 5.66. The maximum atomic E-state index is 11.9. The van der Waals surface area contributed by atoms with Crippen LogP contribution in [0, 0.1) is 0 Å². The molecule has 0 aliphatic rings. The number of carbonyl (C=O) groups excluding carboxylic acids is 1. The van der Waals surface area contributed by atoms with Gasteiger partial charge in [0.05, 0.1) is 16.6 Å². The number of nitrogens with two attached hydrogens (primary N) is 1. The maximum Gasteiger partial charge on any atom is 0.335 e. The van der Waals surface area contributed by atoms with Crippen molar-refractivity contribution in [3.63, 3.8) is 0 Å². The van der Waals surface area contributed by atoms with E-state index in [1.807, 2.05) is 0 Å². The van der Waals surface area contributed by atoms with Gasteiger partial charge in [0, 0.05) is 12.5 Å². The highest BCUT2D eigenvalue weighted by atomic mass is 16.4. The Bertz CT molecular complexity index is 713. The van der Waals surface area contributed by atoms with Gasteiger partial charge in [-0.15, -0.1) is 0 Å². The second-order valence-electron chi connectivity index (χ2n) is 4.36. The van der Waals surface area contributed by atoms with Crippen LogP contribution in [0.4, 0.5) is 0 Å². The first kappa shape index (κ1) is 12.9. The molecule has 1 unspecified atom stereocenters. The largest absolute Gasteiger partial charge is 0.478 e. The Morgan fingerprint density at radius 3 is 2.74 bits per heavy atom. The van der Waals surface area contributed by atoms with Crippen LogP contribution < -0.4 is 11.4 Å². The molecule has 100 valence electrons. The lowest BCUT2D eigenvalue weighted by Crippen LogP contribution is -2.24. The number of rotatable bonds is 4. The maximum absolute atomic E-state index is 11.9. The van der Waals surface area contributed by atoms with Gasteiger partial charge >= 0.3 is 11.7 Å². The van der Waals surface area contributed by atoms with Crippen LogP contribution in [-0.2, 0) is 4.79 Å². The van der Waals surface area contributed by atoms with Gasteiger partial charge in [-0.25, -0.2) is 9.59 Å². The van der Waals surface area contributed by atoms with Crippen LogP contribution in [0.25, 0.3) is 11.0 Å². The van der Waals surface area contributed by atoms with Gasteiger partial charge in [-0.1, -0.05) is 0 Å². The zero-order chi connectivity index (χ0) is 14.2. The lowest BCUT2D eigenvalue weighted by molar-refractivity contribution is -0.118. The number of primary amides is 1. The standard InChI is InChI=1S/C12H13N3O4/c1-6(4-10(13)16)15-9-5-7(11(17)18)2-3-8(9)14-12(15)19/h2-3,5-6H,4H2,1H3,(H2,13,16)(H,14,19)(H,17,18). The Hall–Kier alpha value is -2.57. The van der Waals surface area contributed by atoms with E-state index < -0.39 is 23.6 Å². The van der Waals surface area contributed by atoms with Gasteiger partial charge in [0.25, 0.3) is 0 Å². The molecule has 0 radical (unpaired) electrons. The van der Waals surface area contributed by atoms with Crippen molar-refractivity contribution in [1.29, 1.82) is 0 Å². The van der Waals surface area contributed by atoms with Crippen LogP contribution in [0.5, 0.6) is 0 Å². The van der Waals surface area contributed by atoms with E-state index in [9.17, 15) is 14.4 Å². The van der Waals surface area contributed by atoms with E-state index in [0.717, 1.165) is 0 Å². The lowest BCUT2D eigenvalue weighted by Gasteiger charge is -2.11. The van der Waals surface area contributed by atoms with E-state index >= 15 is 0 Å². The number of amides is 1. The van der Waals surface area contributed by atoms with Gasteiger partial charge < -0.3 is 15.8 Å². The highest BCUT2D eigenvalue weighted by Crippen LogP contribution is 2.18. The van der Waals surface area contributed by atoms with Crippen LogP contribution in [0.15, 0.2) is 23.0 Å². The number of aromatic nitrogens is 2. The lowest BCUT2D eigenvalue weighted by atomic mass is 10.1. The van der Waals surface area contributed by atoms with Gasteiger partial charge in [-0.05, 0) is 25.1 Å². The fourth-order valence-electron chi connectivity index (χ4n) is 2.07. The average Bonchev–Trinajstić information content (AvgIpc) is 2.62. The summed E-state index contributed by atoms with van der Waals surface area (Å²) in [6.07, 6.45) is 0.00413. The molecule has 1 heterocycles. The van der Waals surface area contributed by atoms with Crippen molar-refractivity contribution in [2.45, 2.75) is 19.4 Å². The highest BCUT2D eigenvalue weighted by molar-refractivity contribution is 5.92. The third-order valence-corrected chi connectivity index (χ3v) is 2.90. The number of carbonyl (C=O) groups is 2. The van der Waals surface area contributed by atoms with E-state index in [1.54, 1.807) is 6.92 Å². The Morgan fingerprint density at radius 1 is 1.47 bits per heavy atom. The molecule has 4 N–H and O–H groups in total. The molecule has 0 aliphatic carbocycles. The average molecular weight is 263 g/mol. The number of carboxylic acid groups (broad SMARTS) is 1.